The van der Waals surface area contributed by atoms with E-state index < -0.39 is 23.6 Å². The lowest BCUT2D eigenvalue weighted by molar-refractivity contribution is -0.158. The molecule has 0 saturated carbocycles. The number of rotatable bonds is 8. The Morgan fingerprint density at radius 2 is 2.07 bits per heavy atom. The number of fused-ring (bicyclic) bond motifs is 1. The Morgan fingerprint density at radius 1 is 1.37 bits per heavy atom. The van der Waals surface area contributed by atoms with E-state index in [9.17, 15) is 19.5 Å². The Kier molecular flexibility index (Phi) is 6.97. The van der Waals surface area contributed by atoms with E-state index in [0.717, 1.165) is 12.8 Å². The van der Waals surface area contributed by atoms with Crippen LogP contribution in [0.4, 0.5) is 9.59 Å². The number of hydrogen-bond acceptors (Lipinski definition) is 4. The van der Waals surface area contributed by atoms with Gasteiger partial charge in [-0.1, -0.05) is 26.8 Å². The van der Waals surface area contributed by atoms with Crippen LogP contribution in [0.1, 0.15) is 33.1 Å². The molecule has 0 bridgehead atoms. The van der Waals surface area contributed by atoms with Gasteiger partial charge in [-0.2, -0.15) is 0 Å². The van der Waals surface area contributed by atoms with E-state index >= 15 is 0 Å². The molecule has 2 atom stereocenters. The molecule has 0 aromatic rings. The van der Waals surface area contributed by atoms with Crippen LogP contribution in [-0.2, 0) is 9.53 Å². The summed E-state index contributed by atoms with van der Waals surface area (Å²) in [6.07, 6.45) is 0.854. The minimum absolute atomic E-state index is 0.0711. The maximum absolute atomic E-state index is 13.2. The molecule has 27 heavy (non-hydrogen) atoms. The van der Waals surface area contributed by atoms with E-state index in [1.54, 1.807) is 4.90 Å². The highest BCUT2D eigenvalue weighted by atomic mass is 35.5. The first-order valence-corrected chi connectivity index (χ1v) is 9.82. The van der Waals surface area contributed by atoms with E-state index in [4.69, 9.17) is 16.3 Å². The van der Waals surface area contributed by atoms with Crippen molar-refractivity contribution in [2.45, 2.75) is 44.7 Å². The predicted octanol–water partition coefficient (Wildman–Crippen LogP) is 2.37. The number of carbonyl (C=O) groups excluding carboxylic acids is 2. The number of carbonyl (C=O) groups is 3. The summed E-state index contributed by atoms with van der Waals surface area (Å²) >= 11 is 5.86. The zero-order chi connectivity index (χ0) is 20.2. The molecule has 0 radical (unpaired) electrons. The van der Waals surface area contributed by atoms with Gasteiger partial charge in [0.15, 0.2) is 5.54 Å². The molecular formula is C18H28ClN3O5. The molecule has 2 fully saturated rings. The summed E-state index contributed by atoms with van der Waals surface area (Å²) in [5, 5.41) is 9.39. The minimum atomic E-state index is -1.26. The van der Waals surface area contributed by atoms with Gasteiger partial charge in [-0.05, 0) is 18.4 Å². The Bertz CT molecular complexity index is 614. The van der Waals surface area contributed by atoms with Gasteiger partial charge in [0.1, 0.15) is 0 Å². The molecule has 2 aliphatic rings. The minimum Gasteiger partial charge on any atom is -0.465 e. The van der Waals surface area contributed by atoms with Crippen molar-refractivity contribution in [3.63, 3.8) is 0 Å². The van der Waals surface area contributed by atoms with Crippen LogP contribution < -0.4 is 0 Å². The van der Waals surface area contributed by atoms with Crippen molar-refractivity contribution in [3.05, 3.63) is 12.2 Å². The zero-order valence-corrected chi connectivity index (χ0v) is 16.7. The van der Waals surface area contributed by atoms with E-state index in [-0.39, 0.29) is 44.7 Å². The van der Waals surface area contributed by atoms with Crippen molar-refractivity contribution in [1.82, 2.24) is 14.7 Å². The molecule has 152 valence electrons. The summed E-state index contributed by atoms with van der Waals surface area (Å²) in [6.45, 7) is 8.60. The highest BCUT2D eigenvalue weighted by Crippen LogP contribution is 2.39. The van der Waals surface area contributed by atoms with Crippen LogP contribution in [0.2, 0.25) is 0 Å². The molecule has 0 aliphatic carbocycles. The Morgan fingerprint density at radius 3 is 2.63 bits per heavy atom. The number of amides is 3. The quantitative estimate of drug-likeness (QED) is 0.292. The summed E-state index contributed by atoms with van der Waals surface area (Å²) in [5.74, 6) is -0.325. The van der Waals surface area contributed by atoms with Crippen LogP contribution in [0.3, 0.4) is 0 Å². The standard InChI is InChI=1S/C18H28ClN3O5/c1-4-6-9-27-15(23)18(5-2)14-12-20(17(25)26)7-8-21(14)16(24)22(18)11-13(3)10-19/h14H,3-12H2,1-2H3,(H,25,26). The third-order valence-electron chi connectivity index (χ3n) is 5.35. The van der Waals surface area contributed by atoms with Crippen molar-refractivity contribution in [1.29, 1.82) is 0 Å². The van der Waals surface area contributed by atoms with Crippen molar-refractivity contribution in [2.75, 3.05) is 38.7 Å². The first kappa shape index (κ1) is 21.3. The molecule has 3 amide bonds. The van der Waals surface area contributed by atoms with Gasteiger partial charge in [0.2, 0.25) is 0 Å². The van der Waals surface area contributed by atoms with Gasteiger partial charge in [0.25, 0.3) is 0 Å². The average molecular weight is 402 g/mol. The van der Waals surface area contributed by atoms with Crippen molar-refractivity contribution in [2.24, 2.45) is 0 Å². The van der Waals surface area contributed by atoms with E-state index in [0.29, 0.717) is 12.0 Å². The molecule has 2 aliphatic heterocycles. The number of ether oxygens (including phenoxy) is 1. The maximum atomic E-state index is 13.2. The average Bonchev–Trinajstić information content (AvgIpc) is 2.90. The van der Waals surface area contributed by atoms with Crippen LogP contribution in [0.5, 0.6) is 0 Å². The first-order valence-electron chi connectivity index (χ1n) is 9.29. The van der Waals surface area contributed by atoms with Crippen LogP contribution in [0.15, 0.2) is 12.2 Å². The van der Waals surface area contributed by atoms with Gasteiger partial charge in [-0.25, -0.2) is 14.4 Å². The van der Waals surface area contributed by atoms with Gasteiger partial charge >= 0.3 is 18.1 Å². The largest absolute Gasteiger partial charge is 0.465 e. The lowest BCUT2D eigenvalue weighted by Gasteiger charge is -2.42. The summed E-state index contributed by atoms with van der Waals surface area (Å²) < 4.78 is 5.51. The highest BCUT2D eigenvalue weighted by molar-refractivity contribution is 6.19. The summed E-state index contributed by atoms with van der Waals surface area (Å²) in [4.78, 5) is 42.0. The Hall–Kier alpha value is -1.96. The van der Waals surface area contributed by atoms with Crippen LogP contribution in [0, 0.1) is 0 Å². The van der Waals surface area contributed by atoms with E-state index in [1.165, 1.54) is 9.80 Å². The second-order valence-electron chi connectivity index (χ2n) is 6.96. The smallest absolute Gasteiger partial charge is 0.407 e. The Labute approximate surface area is 164 Å². The first-order chi connectivity index (χ1) is 12.8. The number of esters is 1. The highest BCUT2D eigenvalue weighted by Gasteiger charge is 2.63. The lowest BCUT2D eigenvalue weighted by Crippen LogP contribution is -2.64. The van der Waals surface area contributed by atoms with Crippen LogP contribution in [-0.4, -0.2) is 88.1 Å². The summed E-state index contributed by atoms with van der Waals surface area (Å²) in [7, 11) is 0. The molecule has 0 aromatic carbocycles. The number of hydrogen-bond donors (Lipinski definition) is 1. The van der Waals surface area contributed by atoms with Gasteiger partial charge in [0.05, 0.1) is 12.6 Å². The van der Waals surface area contributed by atoms with Crippen molar-refractivity contribution >= 4 is 29.7 Å². The number of urea groups is 1. The second-order valence-corrected chi connectivity index (χ2v) is 7.22. The SMILES string of the molecule is C=C(CCl)CN1C(=O)N2CCN(C(=O)O)CC2C1(CC)C(=O)OCCCC. The second kappa shape index (κ2) is 8.82. The topological polar surface area (TPSA) is 90.4 Å². The molecule has 1 N–H and O–H groups in total. The van der Waals surface area contributed by atoms with Crippen molar-refractivity contribution in [3.8, 4) is 0 Å². The molecule has 0 spiro atoms. The zero-order valence-electron chi connectivity index (χ0n) is 15.9. The van der Waals surface area contributed by atoms with Gasteiger partial charge in [0, 0.05) is 32.1 Å². The molecular weight excluding hydrogens is 374 g/mol. The summed E-state index contributed by atoms with van der Waals surface area (Å²) in [5.41, 5.74) is -0.646. The number of unbranched alkanes of at least 4 members (excludes halogenated alkanes) is 1. The lowest BCUT2D eigenvalue weighted by atomic mass is 9.85. The van der Waals surface area contributed by atoms with Crippen molar-refractivity contribution < 1.29 is 24.2 Å². The monoisotopic (exact) mass is 401 g/mol. The molecule has 8 nitrogen and oxygen atoms in total. The van der Waals surface area contributed by atoms with Gasteiger partial charge in [-0.3, -0.25) is 0 Å². The number of alkyl halides is 1. The third-order valence-corrected chi connectivity index (χ3v) is 5.73. The summed E-state index contributed by atoms with van der Waals surface area (Å²) in [6, 6.07) is -0.900. The molecule has 2 heterocycles. The van der Waals surface area contributed by atoms with E-state index in [2.05, 4.69) is 6.58 Å². The van der Waals surface area contributed by atoms with Crippen LogP contribution >= 0.6 is 11.6 Å². The maximum Gasteiger partial charge on any atom is 0.407 e. The molecule has 9 heteroatoms. The number of nitrogens with zero attached hydrogens (tertiary/aromatic N) is 3. The predicted molar refractivity (Wildman–Crippen MR) is 101 cm³/mol. The number of carboxylic acid groups (broad SMARTS) is 1. The fourth-order valence-electron chi connectivity index (χ4n) is 3.83. The number of halogens is 1. The van der Waals surface area contributed by atoms with Crippen LogP contribution in [0.25, 0.3) is 0 Å². The van der Waals surface area contributed by atoms with Gasteiger partial charge < -0.3 is 24.5 Å². The molecule has 2 rings (SSSR count). The third kappa shape index (κ3) is 3.85. The molecule has 2 unspecified atom stereocenters. The van der Waals surface area contributed by atoms with E-state index in [1.807, 2.05) is 13.8 Å². The number of piperazine rings is 1. The Balaban J connectivity index is 2.41. The molecule has 0 aromatic heterocycles. The van der Waals surface area contributed by atoms with Gasteiger partial charge in [-0.15, -0.1) is 11.6 Å². The molecule has 2 saturated heterocycles. The fourth-order valence-corrected chi connectivity index (χ4v) is 3.91. The fraction of sp³-hybridized carbons (Fsp3) is 0.722. The normalized spacial score (nSPS) is 24.8.